The van der Waals surface area contributed by atoms with Crippen LogP contribution >= 0.6 is 15.9 Å². The summed E-state index contributed by atoms with van der Waals surface area (Å²) in [6.45, 7) is 0.821. The molecule has 0 saturated heterocycles. The van der Waals surface area contributed by atoms with Gasteiger partial charge < -0.3 is 5.32 Å². The Morgan fingerprint density at radius 2 is 2.11 bits per heavy atom. The lowest BCUT2D eigenvalue weighted by molar-refractivity contribution is -0.116. The lowest BCUT2D eigenvalue weighted by Gasteiger charge is -2.21. The van der Waals surface area contributed by atoms with Crippen molar-refractivity contribution in [1.29, 1.82) is 0 Å². The fourth-order valence-electron chi connectivity index (χ4n) is 2.48. The minimum atomic E-state index is 0.00514. The number of benzene rings is 1. The second kappa shape index (κ2) is 7.49. The Morgan fingerprint density at radius 1 is 1.32 bits per heavy atom. The first-order chi connectivity index (χ1) is 9.24. The SMILES string of the molecule is O=C(/C=C/c1cccc(Br)c1)NCC1CCCCC1. The van der Waals surface area contributed by atoms with Crippen LogP contribution in [0.4, 0.5) is 0 Å². The van der Waals surface area contributed by atoms with Gasteiger partial charge in [-0.1, -0.05) is 47.3 Å². The Balaban J connectivity index is 1.77. The molecule has 0 heterocycles. The van der Waals surface area contributed by atoms with Gasteiger partial charge in [-0.2, -0.15) is 0 Å². The molecule has 2 nitrogen and oxygen atoms in total. The molecule has 0 spiro atoms. The van der Waals surface area contributed by atoms with Gasteiger partial charge in [0.2, 0.25) is 5.91 Å². The van der Waals surface area contributed by atoms with Gasteiger partial charge in [0.25, 0.3) is 0 Å². The number of amides is 1. The van der Waals surface area contributed by atoms with Crippen molar-refractivity contribution >= 4 is 27.9 Å². The van der Waals surface area contributed by atoms with Crippen LogP contribution in [0.15, 0.2) is 34.8 Å². The van der Waals surface area contributed by atoms with Gasteiger partial charge in [0, 0.05) is 17.1 Å². The first kappa shape index (κ1) is 14.3. The molecule has 3 heteroatoms. The number of rotatable bonds is 4. The van der Waals surface area contributed by atoms with E-state index >= 15 is 0 Å². The third kappa shape index (κ3) is 5.19. The van der Waals surface area contributed by atoms with Gasteiger partial charge >= 0.3 is 0 Å². The van der Waals surface area contributed by atoms with Crippen LogP contribution in [0.3, 0.4) is 0 Å². The molecule has 1 aromatic rings. The van der Waals surface area contributed by atoms with Crippen LogP contribution in [0.5, 0.6) is 0 Å². The van der Waals surface area contributed by atoms with Crippen molar-refractivity contribution < 1.29 is 4.79 Å². The van der Waals surface area contributed by atoms with E-state index in [1.54, 1.807) is 6.08 Å². The zero-order valence-corrected chi connectivity index (χ0v) is 12.7. The summed E-state index contributed by atoms with van der Waals surface area (Å²) in [7, 11) is 0. The normalized spacial score (nSPS) is 16.7. The maximum absolute atomic E-state index is 11.7. The lowest BCUT2D eigenvalue weighted by Crippen LogP contribution is -2.28. The molecular formula is C16H20BrNO. The molecule has 0 aliphatic heterocycles. The van der Waals surface area contributed by atoms with Crippen molar-refractivity contribution in [2.45, 2.75) is 32.1 Å². The summed E-state index contributed by atoms with van der Waals surface area (Å²) in [6, 6.07) is 7.91. The molecule has 0 radical (unpaired) electrons. The van der Waals surface area contributed by atoms with Crippen molar-refractivity contribution in [2.24, 2.45) is 5.92 Å². The molecule has 0 aromatic heterocycles. The van der Waals surface area contributed by atoms with E-state index in [-0.39, 0.29) is 5.91 Å². The molecule has 102 valence electrons. The van der Waals surface area contributed by atoms with Gasteiger partial charge in [-0.3, -0.25) is 4.79 Å². The van der Waals surface area contributed by atoms with Crippen LogP contribution in [0.2, 0.25) is 0 Å². The smallest absolute Gasteiger partial charge is 0.244 e. The van der Waals surface area contributed by atoms with Crippen LogP contribution in [-0.4, -0.2) is 12.5 Å². The predicted octanol–water partition coefficient (Wildman–Crippen LogP) is 4.16. The number of halogens is 1. The maximum Gasteiger partial charge on any atom is 0.244 e. The van der Waals surface area contributed by atoms with Crippen LogP contribution in [0, 0.1) is 5.92 Å². The van der Waals surface area contributed by atoms with Crippen LogP contribution in [0.25, 0.3) is 6.08 Å². The van der Waals surface area contributed by atoms with Gasteiger partial charge in [0.05, 0.1) is 0 Å². The third-order valence-corrected chi connectivity index (χ3v) is 4.06. The number of nitrogens with one attached hydrogen (secondary N) is 1. The van der Waals surface area contributed by atoms with Gasteiger partial charge in [0.1, 0.15) is 0 Å². The number of carbonyl (C=O) groups excluding carboxylic acids is 1. The van der Waals surface area contributed by atoms with E-state index in [4.69, 9.17) is 0 Å². The number of hydrogen-bond acceptors (Lipinski definition) is 1. The Morgan fingerprint density at radius 3 is 2.84 bits per heavy atom. The summed E-state index contributed by atoms with van der Waals surface area (Å²) in [5, 5.41) is 3.00. The minimum Gasteiger partial charge on any atom is -0.352 e. The van der Waals surface area contributed by atoms with E-state index < -0.39 is 0 Å². The summed E-state index contributed by atoms with van der Waals surface area (Å²) in [4.78, 5) is 11.7. The summed E-state index contributed by atoms with van der Waals surface area (Å²) >= 11 is 3.42. The maximum atomic E-state index is 11.7. The van der Waals surface area contributed by atoms with E-state index in [1.165, 1.54) is 32.1 Å². The van der Waals surface area contributed by atoms with E-state index in [9.17, 15) is 4.79 Å². The van der Waals surface area contributed by atoms with Crippen LogP contribution < -0.4 is 5.32 Å². The van der Waals surface area contributed by atoms with Crippen molar-refractivity contribution in [3.8, 4) is 0 Å². The molecule has 1 amide bonds. The Kier molecular flexibility index (Phi) is 5.64. The van der Waals surface area contributed by atoms with E-state index in [2.05, 4.69) is 21.2 Å². The van der Waals surface area contributed by atoms with Gasteiger partial charge in [-0.05, 0) is 42.5 Å². The van der Waals surface area contributed by atoms with Crippen molar-refractivity contribution in [3.05, 3.63) is 40.4 Å². The highest BCUT2D eigenvalue weighted by molar-refractivity contribution is 9.10. The lowest BCUT2D eigenvalue weighted by atomic mass is 9.89. The molecule has 19 heavy (non-hydrogen) atoms. The minimum absolute atomic E-state index is 0.00514. The molecule has 0 atom stereocenters. The summed E-state index contributed by atoms with van der Waals surface area (Å²) in [5.74, 6) is 0.683. The first-order valence-corrected chi connectivity index (χ1v) is 7.75. The fraction of sp³-hybridized carbons (Fsp3) is 0.438. The molecule has 1 N–H and O–H groups in total. The quantitative estimate of drug-likeness (QED) is 0.829. The molecule has 0 bridgehead atoms. The average Bonchev–Trinajstić information content (AvgIpc) is 2.44. The number of hydrogen-bond donors (Lipinski definition) is 1. The topological polar surface area (TPSA) is 29.1 Å². The van der Waals surface area contributed by atoms with Gasteiger partial charge in [-0.15, -0.1) is 0 Å². The zero-order chi connectivity index (χ0) is 13.5. The molecule has 1 saturated carbocycles. The molecule has 1 aliphatic carbocycles. The molecule has 2 rings (SSSR count). The molecule has 1 aromatic carbocycles. The predicted molar refractivity (Wildman–Crippen MR) is 82.8 cm³/mol. The molecule has 1 aliphatic rings. The molecular weight excluding hydrogens is 302 g/mol. The molecule has 1 fully saturated rings. The highest BCUT2D eigenvalue weighted by Crippen LogP contribution is 2.22. The first-order valence-electron chi connectivity index (χ1n) is 6.95. The number of carbonyl (C=O) groups is 1. The zero-order valence-electron chi connectivity index (χ0n) is 11.1. The monoisotopic (exact) mass is 321 g/mol. The standard InChI is InChI=1S/C16H20BrNO/c17-15-8-4-7-13(11-15)9-10-16(19)18-12-14-5-2-1-3-6-14/h4,7-11,14H,1-3,5-6,12H2,(H,18,19)/b10-9+. The average molecular weight is 322 g/mol. The highest BCUT2D eigenvalue weighted by Gasteiger charge is 2.13. The fourth-order valence-corrected chi connectivity index (χ4v) is 2.89. The third-order valence-electron chi connectivity index (χ3n) is 3.57. The second-order valence-corrected chi connectivity index (χ2v) is 6.05. The van der Waals surface area contributed by atoms with Crippen LogP contribution in [0.1, 0.15) is 37.7 Å². The van der Waals surface area contributed by atoms with Crippen molar-refractivity contribution in [3.63, 3.8) is 0 Å². The Bertz CT molecular complexity index is 450. The van der Waals surface area contributed by atoms with Gasteiger partial charge in [0.15, 0.2) is 0 Å². The summed E-state index contributed by atoms with van der Waals surface area (Å²) in [6.07, 6.45) is 9.97. The highest BCUT2D eigenvalue weighted by atomic mass is 79.9. The van der Waals surface area contributed by atoms with Crippen molar-refractivity contribution in [2.75, 3.05) is 6.54 Å². The second-order valence-electron chi connectivity index (χ2n) is 5.14. The van der Waals surface area contributed by atoms with Crippen LogP contribution in [-0.2, 0) is 4.79 Å². The van der Waals surface area contributed by atoms with Gasteiger partial charge in [-0.25, -0.2) is 0 Å². The van der Waals surface area contributed by atoms with E-state index in [0.717, 1.165) is 16.6 Å². The van der Waals surface area contributed by atoms with Crippen molar-refractivity contribution in [1.82, 2.24) is 5.32 Å². The largest absolute Gasteiger partial charge is 0.352 e. The Hall–Kier alpha value is -1.09. The Labute approximate surface area is 123 Å². The van der Waals surface area contributed by atoms with E-state index in [0.29, 0.717) is 5.92 Å². The van der Waals surface area contributed by atoms with E-state index in [1.807, 2.05) is 30.3 Å². The summed E-state index contributed by atoms with van der Waals surface area (Å²) < 4.78 is 1.03. The summed E-state index contributed by atoms with van der Waals surface area (Å²) in [5.41, 5.74) is 1.03. The molecule has 0 unspecified atom stereocenters.